The van der Waals surface area contributed by atoms with Crippen molar-refractivity contribution in [2.24, 2.45) is 5.73 Å². The van der Waals surface area contributed by atoms with Crippen LogP contribution in [0.3, 0.4) is 0 Å². The average Bonchev–Trinajstić information content (AvgIpc) is 4.07. The van der Waals surface area contributed by atoms with Gasteiger partial charge >= 0.3 is 12.4 Å². The van der Waals surface area contributed by atoms with Gasteiger partial charge in [0.1, 0.15) is 11.3 Å². The van der Waals surface area contributed by atoms with Crippen LogP contribution in [0.25, 0.3) is 66.5 Å². The van der Waals surface area contributed by atoms with E-state index in [9.17, 15) is 0 Å². The Morgan fingerprint density at radius 3 is 2.25 bits per heavy atom. The number of fused-ring (bicyclic) bond motifs is 10. The number of H-pyrrole nitrogens is 1. The molecule has 5 aromatic carbocycles. The molecular weight excluding hydrogens is 673 g/mol. The van der Waals surface area contributed by atoms with Crippen molar-refractivity contribution in [3.8, 4) is 33.6 Å². The van der Waals surface area contributed by atoms with E-state index in [4.69, 9.17) is 5.73 Å². The molecule has 1 unspecified atom stereocenters. The fraction of sp³-hybridized carbons (Fsp3) is 0.0408. The van der Waals surface area contributed by atoms with E-state index in [0.717, 1.165) is 56.1 Å². The third-order valence-corrected chi connectivity index (χ3v) is 11.6. The number of nitrogens with zero attached hydrogens (tertiary/aromatic N) is 4. The highest BCUT2D eigenvalue weighted by Crippen LogP contribution is 2.58. The van der Waals surface area contributed by atoms with E-state index >= 15 is 0 Å². The molecule has 0 bridgehead atoms. The SMILES string of the molecule is C/C=C\C(=C/N)C1(c2cccnc2)c2ccccc2-c2c1ccc1c3ccccc3n(-c3ccc(-c4ccc(-n5c6c(c7cc[nH]c75)C=[N+]=C6)cc4)cc3)c21. The summed E-state index contributed by atoms with van der Waals surface area (Å²) in [6, 6.07) is 46.2. The molecule has 9 aromatic rings. The lowest BCUT2D eigenvalue weighted by Crippen LogP contribution is -2.29. The lowest BCUT2D eigenvalue weighted by atomic mass is 9.67. The van der Waals surface area contributed by atoms with Crippen molar-refractivity contribution < 1.29 is 0 Å². The van der Waals surface area contributed by atoms with E-state index in [1.54, 1.807) is 6.20 Å². The van der Waals surface area contributed by atoms with Crippen molar-refractivity contribution in [3.63, 3.8) is 0 Å². The highest BCUT2D eigenvalue weighted by molar-refractivity contribution is 6.16. The Morgan fingerprint density at radius 2 is 1.49 bits per heavy atom. The predicted octanol–water partition coefficient (Wildman–Crippen LogP) is 9.77. The summed E-state index contributed by atoms with van der Waals surface area (Å²) in [7, 11) is 0. The summed E-state index contributed by atoms with van der Waals surface area (Å²) in [4.78, 5) is 8.05. The number of pyridine rings is 1. The number of rotatable bonds is 6. The number of hydrogen-bond donors (Lipinski definition) is 2. The molecule has 1 aliphatic heterocycles. The minimum absolute atomic E-state index is 0.647. The highest BCUT2D eigenvalue weighted by Gasteiger charge is 2.48. The van der Waals surface area contributed by atoms with Crippen LogP contribution < -0.4 is 10.4 Å². The molecule has 0 radical (unpaired) electrons. The predicted molar refractivity (Wildman–Crippen MR) is 227 cm³/mol. The summed E-state index contributed by atoms with van der Waals surface area (Å²) in [5.74, 6) is 0. The molecule has 260 valence electrons. The normalized spacial score (nSPS) is 15.8. The third-order valence-electron chi connectivity index (χ3n) is 11.6. The van der Waals surface area contributed by atoms with Crippen molar-refractivity contribution in [1.82, 2.24) is 23.8 Å². The summed E-state index contributed by atoms with van der Waals surface area (Å²) >= 11 is 0. The van der Waals surface area contributed by atoms with Crippen LogP contribution in [-0.4, -0.2) is 31.5 Å². The van der Waals surface area contributed by atoms with Gasteiger partial charge in [0, 0.05) is 51.7 Å². The fourth-order valence-electron chi connectivity index (χ4n) is 9.40. The smallest absolute Gasteiger partial charge is 0.317 e. The Bertz CT molecular complexity index is 3130. The van der Waals surface area contributed by atoms with Crippen LogP contribution >= 0.6 is 0 Å². The average molecular weight is 708 g/mol. The molecule has 1 aliphatic carbocycles. The molecule has 2 aliphatic rings. The van der Waals surface area contributed by atoms with Gasteiger partial charge in [-0.15, -0.1) is 0 Å². The second-order valence-corrected chi connectivity index (χ2v) is 14.3. The molecule has 6 heteroatoms. The summed E-state index contributed by atoms with van der Waals surface area (Å²) in [6.45, 7) is 2.05. The number of aromatic nitrogens is 4. The lowest BCUT2D eigenvalue weighted by molar-refractivity contribution is 0.758. The standard InChI is InChI=1S/C49H34N6/c1-2-8-33(27-50)49(34-9-7-25-51-28-34)42-12-5-3-11-40(42)46-43(49)23-22-38-37-10-4-6-13-44(37)54(47(38)46)35-18-14-31(15-19-35)32-16-20-36(21-17-32)55-45-30-52-29-41(45)39-24-26-53-48(39)55/h2-30H,50H2,1H3/p+1/b8-2-,33-27+. The van der Waals surface area contributed by atoms with Gasteiger partial charge in [0.15, 0.2) is 0 Å². The van der Waals surface area contributed by atoms with E-state index in [-0.39, 0.29) is 0 Å². The van der Waals surface area contributed by atoms with Gasteiger partial charge in [-0.05, 0) is 94.5 Å². The first-order chi connectivity index (χ1) is 27.2. The minimum atomic E-state index is -0.647. The largest absolute Gasteiger partial charge is 0.404 e. The van der Waals surface area contributed by atoms with Crippen LogP contribution in [0.15, 0.2) is 170 Å². The van der Waals surface area contributed by atoms with E-state index < -0.39 is 5.41 Å². The quantitative estimate of drug-likeness (QED) is 0.133. The van der Waals surface area contributed by atoms with Gasteiger partial charge in [-0.25, -0.2) is 0 Å². The number of hydrogen-bond acceptors (Lipinski definition) is 2. The van der Waals surface area contributed by atoms with Gasteiger partial charge in [0.25, 0.3) is 0 Å². The van der Waals surface area contributed by atoms with Crippen LogP contribution in [0, 0.1) is 0 Å². The van der Waals surface area contributed by atoms with E-state index in [1.807, 2.05) is 44.0 Å². The maximum atomic E-state index is 6.56. The van der Waals surface area contributed by atoms with Gasteiger partial charge in [-0.3, -0.25) is 9.55 Å². The minimum Gasteiger partial charge on any atom is -0.404 e. The van der Waals surface area contributed by atoms with E-state index in [1.165, 1.54) is 43.9 Å². The van der Waals surface area contributed by atoms with Gasteiger partial charge in [0.2, 0.25) is 0 Å². The summed E-state index contributed by atoms with van der Waals surface area (Å²) < 4.78 is 9.12. The highest BCUT2D eigenvalue weighted by atomic mass is 15.1. The molecule has 0 saturated carbocycles. The number of allylic oxidation sites excluding steroid dienone is 3. The molecule has 0 spiro atoms. The van der Waals surface area contributed by atoms with Crippen molar-refractivity contribution >= 4 is 45.3 Å². The Balaban J connectivity index is 1.09. The second kappa shape index (κ2) is 11.8. The van der Waals surface area contributed by atoms with E-state index in [0.29, 0.717) is 0 Å². The van der Waals surface area contributed by atoms with Crippen LogP contribution in [0.5, 0.6) is 0 Å². The number of para-hydroxylation sites is 1. The fourth-order valence-corrected chi connectivity index (χ4v) is 9.40. The van der Waals surface area contributed by atoms with Crippen LogP contribution in [0.1, 0.15) is 34.9 Å². The zero-order valence-electron chi connectivity index (χ0n) is 30.1. The monoisotopic (exact) mass is 707 g/mol. The first kappa shape index (κ1) is 31.2. The first-order valence-electron chi connectivity index (χ1n) is 18.6. The Labute approximate surface area is 317 Å². The molecular formula is C49H35N6+. The van der Waals surface area contributed by atoms with Gasteiger partial charge < -0.3 is 15.3 Å². The first-order valence-corrected chi connectivity index (χ1v) is 18.6. The molecule has 5 heterocycles. The molecule has 0 fully saturated rings. The number of nitrogens with two attached hydrogens (primary N) is 1. The molecule has 4 aromatic heterocycles. The molecule has 6 nitrogen and oxygen atoms in total. The number of nitrogens with one attached hydrogen (secondary N) is 1. The molecule has 0 amide bonds. The number of aromatic amines is 1. The van der Waals surface area contributed by atoms with E-state index in [2.05, 4.69) is 157 Å². The topological polar surface area (TPSA) is 78.7 Å². The zero-order chi connectivity index (χ0) is 36.7. The molecule has 1 atom stereocenters. The Kier molecular flexibility index (Phi) is 6.69. The molecule has 3 N–H and O–H groups in total. The molecule has 11 rings (SSSR count). The summed E-state index contributed by atoms with van der Waals surface area (Å²) in [6.07, 6.45) is 15.7. The van der Waals surface area contributed by atoms with Gasteiger partial charge in [-0.1, -0.05) is 102 Å². The van der Waals surface area contributed by atoms with Crippen molar-refractivity contribution in [1.29, 1.82) is 0 Å². The molecule has 55 heavy (non-hydrogen) atoms. The zero-order valence-corrected chi connectivity index (χ0v) is 30.1. The lowest BCUT2D eigenvalue weighted by Gasteiger charge is -2.34. The molecule has 0 saturated heterocycles. The van der Waals surface area contributed by atoms with Gasteiger partial charge in [0.05, 0.1) is 22.0 Å². The van der Waals surface area contributed by atoms with Crippen molar-refractivity contribution in [2.75, 3.05) is 0 Å². The van der Waals surface area contributed by atoms with Crippen molar-refractivity contribution in [3.05, 3.63) is 198 Å². The third kappa shape index (κ3) is 4.20. The van der Waals surface area contributed by atoms with Crippen LogP contribution in [0.4, 0.5) is 0 Å². The summed E-state index contributed by atoms with van der Waals surface area (Å²) in [5.41, 5.74) is 23.0. The van der Waals surface area contributed by atoms with Crippen LogP contribution in [-0.2, 0) is 5.41 Å². The Morgan fingerprint density at radius 1 is 0.727 bits per heavy atom. The van der Waals surface area contributed by atoms with Gasteiger partial charge in [-0.2, -0.15) is 0 Å². The maximum Gasteiger partial charge on any atom is 0.317 e. The summed E-state index contributed by atoms with van der Waals surface area (Å²) in [5, 5.41) is 3.61. The second-order valence-electron chi connectivity index (χ2n) is 14.3. The van der Waals surface area contributed by atoms with Crippen LogP contribution in [0.2, 0.25) is 0 Å². The van der Waals surface area contributed by atoms with Crippen molar-refractivity contribution in [2.45, 2.75) is 12.3 Å². The maximum absolute atomic E-state index is 6.56. The number of benzene rings is 5. The Hall–Kier alpha value is -7.40.